The van der Waals surface area contributed by atoms with E-state index in [4.69, 9.17) is 0 Å². The van der Waals surface area contributed by atoms with Crippen molar-refractivity contribution in [2.75, 3.05) is 0 Å². The minimum absolute atomic E-state index is 1.11. The topological polar surface area (TPSA) is 0 Å². The van der Waals surface area contributed by atoms with E-state index in [9.17, 15) is 0 Å². The maximum Gasteiger partial charge on any atom is -0.0159 e. The Morgan fingerprint density at radius 3 is 2.64 bits per heavy atom. The molecule has 76 valence electrons. The van der Waals surface area contributed by atoms with Crippen LogP contribution in [0.25, 0.3) is 0 Å². The highest BCUT2D eigenvalue weighted by atomic mass is 127. The first-order valence-corrected chi connectivity index (χ1v) is 6.33. The van der Waals surface area contributed by atoms with Crippen LogP contribution in [0.4, 0.5) is 0 Å². The summed E-state index contributed by atoms with van der Waals surface area (Å²) < 4.78 is 2.21. The fourth-order valence-electron chi connectivity index (χ4n) is 1.98. The second-order valence-electron chi connectivity index (χ2n) is 3.41. The molecule has 0 nitrogen and oxygen atoms in total. The Hall–Kier alpha value is -0.310. The van der Waals surface area contributed by atoms with Crippen molar-refractivity contribution < 1.29 is 0 Å². The fraction of sp³-hybridized carbons (Fsp3) is 0.385. The highest BCUT2D eigenvalue weighted by molar-refractivity contribution is 14.1. The van der Waals surface area contributed by atoms with E-state index in [1.165, 1.54) is 28.7 Å². The van der Waals surface area contributed by atoms with Gasteiger partial charge in [0.15, 0.2) is 0 Å². The summed E-state index contributed by atoms with van der Waals surface area (Å²) in [6, 6.07) is 0. The molecule has 1 aliphatic rings. The normalized spacial score (nSPS) is 20.8. The molecule has 1 aliphatic carbocycles. The molecule has 0 atom stereocenters. The molecule has 0 amide bonds. The van der Waals surface area contributed by atoms with Crippen LogP contribution in [0.3, 0.4) is 0 Å². The van der Waals surface area contributed by atoms with E-state index in [0.717, 1.165) is 12.8 Å². The molecular weight excluding hydrogens is 283 g/mol. The Balaban J connectivity index is 3.18. The Labute approximate surface area is 101 Å². The zero-order chi connectivity index (χ0) is 10.6. The average Bonchev–Trinajstić information content (AvgIpc) is 2.63. The number of halogens is 1. The van der Waals surface area contributed by atoms with Gasteiger partial charge in [0.25, 0.3) is 0 Å². The van der Waals surface area contributed by atoms with Crippen LogP contribution in [0.15, 0.2) is 45.1 Å². The highest BCUT2D eigenvalue weighted by Crippen LogP contribution is 2.38. The third kappa shape index (κ3) is 2.19. The van der Waals surface area contributed by atoms with Gasteiger partial charge in [-0.15, -0.1) is 0 Å². The van der Waals surface area contributed by atoms with Crippen LogP contribution in [0.5, 0.6) is 0 Å². The third-order valence-electron chi connectivity index (χ3n) is 2.73. The maximum absolute atomic E-state index is 3.90. The smallest absolute Gasteiger partial charge is 0.0159 e. The lowest BCUT2D eigenvalue weighted by molar-refractivity contribution is 1.03. The standard InChI is InChI=1S/C13H17I/c1-4-10(5-2)13-11(6-3)7-8-12(13)9-14/h4,6,9H,3,5,7-8H2,1-2H3/b10-4-,12-9-. The van der Waals surface area contributed by atoms with Crippen LogP contribution in [0.2, 0.25) is 0 Å². The SMILES string of the molecule is C=CC1=C(/C(=C\C)CC)/C(=C\I)CC1. The van der Waals surface area contributed by atoms with Crippen molar-refractivity contribution in [3.05, 3.63) is 45.1 Å². The van der Waals surface area contributed by atoms with Gasteiger partial charge in [0.2, 0.25) is 0 Å². The molecule has 14 heavy (non-hydrogen) atoms. The van der Waals surface area contributed by atoms with Crippen molar-refractivity contribution in [2.24, 2.45) is 0 Å². The summed E-state index contributed by atoms with van der Waals surface area (Å²) in [7, 11) is 0. The van der Waals surface area contributed by atoms with Crippen LogP contribution in [0.1, 0.15) is 33.1 Å². The number of rotatable bonds is 3. The summed E-state index contributed by atoms with van der Waals surface area (Å²) in [5, 5.41) is 0. The van der Waals surface area contributed by atoms with Gasteiger partial charge < -0.3 is 0 Å². The summed E-state index contributed by atoms with van der Waals surface area (Å²) in [4.78, 5) is 0. The van der Waals surface area contributed by atoms with Gasteiger partial charge in [0, 0.05) is 0 Å². The number of hydrogen-bond donors (Lipinski definition) is 0. The molecule has 0 aliphatic heterocycles. The average molecular weight is 300 g/mol. The zero-order valence-corrected chi connectivity index (χ0v) is 11.1. The van der Waals surface area contributed by atoms with E-state index in [1.54, 1.807) is 0 Å². The molecule has 0 aromatic rings. The monoisotopic (exact) mass is 300 g/mol. The van der Waals surface area contributed by atoms with E-state index in [-0.39, 0.29) is 0 Å². The van der Waals surface area contributed by atoms with Gasteiger partial charge in [-0.1, -0.05) is 48.2 Å². The zero-order valence-electron chi connectivity index (χ0n) is 8.94. The number of allylic oxidation sites excluding steroid dienone is 6. The predicted molar refractivity (Wildman–Crippen MR) is 72.6 cm³/mol. The minimum Gasteiger partial charge on any atom is -0.0988 e. The van der Waals surface area contributed by atoms with Gasteiger partial charge >= 0.3 is 0 Å². The molecule has 0 radical (unpaired) electrons. The first-order chi connectivity index (χ1) is 6.78. The van der Waals surface area contributed by atoms with Gasteiger partial charge in [-0.2, -0.15) is 0 Å². The third-order valence-corrected chi connectivity index (χ3v) is 3.49. The molecule has 0 saturated heterocycles. The Kier molecular flexibility index (Phi) is 4.66. The lowest BCUT2D eigenvalue weighted by Crippen LogP contribution is -1.90. The van der Waals surface area contributed by atoms with Crippen molar-refractivity contribution >= 4 is 22.6 Å². The molecule has 0 heterocycles. The van der Waals surface area contributed by atoms with Crippen molar-refractivity contribution in [1.29, 1.82) is 0 Å². The lowest BCUT2D eigenvalue weighted by Gasteiger charge is -2.09. The van der Waals surface area contributed by atoms with E-state index in [0.29, 0.717) is 0 Å². The first kappa shape index (κ1) is 11.8. The molecule has 0 spiro atoms. The van der Waals surface area contributed by atoms with E-state index in [2.05, 4.69) is 53.2 Å². The Bertz CT molecular complexity index is 316. The predicted octanol–water partition coefficient (Wildman–Crippen LogP) is 4.94. The molecule has 0 aromatic carbocycles. The van der Waals surface area contributed by atoms with Crippen LogP contribution in [-0.2, 0) is 0 Å². The van der Waals surface area contributed by atoms with Gasteiger partial charge in [0.1, 0.15) is 0 Å². The highest BCUT2D eigenvalue weighted by Gasteiger charge is 2.19. The summed E-state index contributed by atoms with van der Waals surface area (Å²) in [5.41, 5.74) is 5.82. The van der Waals surface area contributed by atoms with Gasteiger partial charge in [-0.25, -0.2) is 0 Å². The second-order valence-corrected chi connectivity index (χ2v) is 4.03. The molecule has 0 aromatic heterocycles. The molecule has 0 unspecified atom stereocenters. The summed E-state index contributed by atoms with van der Waals surface area (Å²) in [6.45, 7) is 8.23. The van der Waals surface area contributed by atoms with Crippen molar-refractivity contribution in [1.82, 2.24) is 0 Å². The Morgan fingerprint density at radius 1 is 1.50 bits per heavy atom. The van der Waals surface area contributed by atoms with E-state index >= 15 is 0 Å². The van der Waals surface area contributed by atoms with Crippen molar-refractivity contribution in [3.63, 3.8) is 0 Å². The minimum atomic E-state index is 1.11. The molecule has 0 fully saturated rings. The van der Waals surface area contributed by atoms with Crippen LogP contribution < -0.4 is 0 Å². The first-order valence-electron chi connectivity index (χ1n) is 5.09. The van der Waals surface area contributed by atoms with Crippen LogP contribution in [-0.4, -0.2) is 0 Å². The fourth-order valence-corrected chi connectivity index (χ4v) is 2.60. The van der Waals surface area contributed by atoms with Gasteiger partial charge in [-0.3, -0.25) is 0 Å². The van der Waals surface area contributed by atoms with Crippen molar-refractivity contribution in [2.45, 2.75) is 33.1 Å². The van der Waals surface area contributed by atoms with Crippen molar-refractivity contribution in [3.8, 4) is 0 Å². The molecule has 1 rings (SSSR count). The quantitative estimate of drug-likeness (QED) is 0.648. The largest absolute Gasteiger partial charge is 0.0988 e. The summed E-state index contributed by atoms with van der Waals surface area (Å²) in [5.74, 6) is 0. The van der Waals surface area contributed by atoms with Crippen LogP contribution >= 0.6 is 22.6 Å². The summed E-state index contributed by atoms with van der Waals surface area (Å²) >= 11 is 2.34. The lowest BCUT2D eigenvalue weighted by atomic mass is 9.97. The van der Waals surface area contributed by atoms with E-state index in [1.807, 2.05) is 6.08 Å². The van der Waals surface area contributed by atoms with Gasteiger partial charge in [0.05, 0.1) is 0 Å². The molecule has 0 bridgehead atoms. The Morgan fingerprint density at radius 2 is 2.21 bits per heavy atom. The molecule has 0 saturated carbocycles. The van der Waals surface area contributed by atoms with Crippen LogP contribution in [0, 0.1) is 0 Å². The van der Waals surface area contributed by atoms with E-state index < -0.39 is 0 Å². The summed E-state index contributed by atoms with van der Waals surface area (Å²) in [6.07, 6.45) is 7.69. The molecule has 0 N–H and O–H groups in total. The molecule has 1 heteroatoms. The maximum atomic E-state index is 3.90. The second kappa shape index (κ2) is 5.54. The molecular formula is C13H17I. The van der Waals surface area contributed by atoms with Gasteiger partial charge in [-0.05, 0) is 52.6 Å². The number of hydrogen-bond acceptors (Lipinski definition) is 0.